The van der Waals surface area contributed by atoms with Gasteiger partial charge < -0.3 is 27.9 Å². The maximum Gasteiger partial charge on any atom is 0.306 e. The fourth-order valence-corrected chi connectivity index (χ4v) is 7.20. The fourth-order valence-electron chi connectivity index (χ4n) is 6.48. The number of carbonyl (C=O) groups excluding carboxylic acids is 2. The summed E-state index contributed by atoms with van der Waals surface area (Å²) in [4.78, 5) is 37.7. The Morgan fingerprint density at radius 2 is 0.891 bits per heavy atom. The van der Waals surface area contributed by atoms with E-state index in [1.54, 1.807) is 0 Å². The van der Waals surface area contributed by atoms with Crippen LogP contribution in [0.5, 0.6) is 0 Å². The molecule has 2 unspecified atom stereocenters. The second-order valence-electron chi connectivity index (χ2n) is 17.8. The second kappa shape index (κ2) is 45.4. The molecule has 0 aliphatic rings. The SMILES string of the molecule is CC/C=C\C/C=C\C/C=C\C/C=C\C/C=C\CCCCCCCC(=O)OC(COC(=O)CCCCCCCCCCC/C=C\C/C=C\CCCCC)COP(=O)([O-])OCC[N+](C)(C)C. The normalized spacial score (nSPS) is 14.2. The van der Waals surface area contributed by atoms with E-state index in [0.29, 0.717) is 17.4 Å². The van der Waals surface area contributed by atoms with Crippen LogP contribution in [0.4, 0.5) is 0 Å². The summed E-state index contributed by atoms with van der Waals surface area (Å²) in [6.45, 7) is 4.06. The molecule has 0 aromatic rings. The molecule has 0 aromatic carbocycles. The lowest BCUT2D eigenvalue weighted by atomic mass is 10.1. The molecule has 0 amide bonds. The predicted octanol–water partition coefficient (Wildman–Crippen LogP) is 14.5. The molecule has 9 nitrogen and oxygen atoms in total. The molecule has 0 spiro atoms. The predicted molar refractivity (Wildman–Crippen MR) is 268 cm³/mol. The molecule has 368 valence electrons. The zero-order valence-corrected chi connectivity index (χ0v) is 42.3. The van der Waals surface area contributed by atoms with Crippen molar-refractivity contribution in [1.82, 2.24) is 0 Å². The summed E-state index contributed by atoms with van der Waals surface area (Å²) in [7, 11) is 1.14. The van der Waals surface area contributed by atoms with Crippen molar-refractivity contribution in [2.75, 3.05) is 47.5 Å². The van der Waals surface area contributed by atoms with Gasteiger partial charge in [0.15, 0.2) is 6.10 Å². The molecule has 0 fully saturated rings. The first kappa shape index (κ1) is 61.2. The lowest BCUT2D eigenvalue weighted by Crippen LogP contribution is -2.37. The van der Waals surface area contributed by atoms with E-state index in [4.69, 9.17) is 18.5 Å². The van der Waals surface area contributed by atoms with Gasteiger partial charge in [0.05, 0.1) is 27.7 Å². The molecular weight excluding hydrogens is 822 g/mol. The van der Waals surface area contributed by atoms with E-state index < -0.39 is 32.5 Å². The van der Waals surface area contributed by atoms with Crippen molar-refractivity contribution in [3.63, 3.8) is 0 Å². The molecule has 0 aliphatic carbocycles. The molecule has 0 aromatic heterocycles. The van der Waals surface area contributed by atoms with E-state index in [1.165, 1.54) is 57.8 Å². The van der Waals surface area contributed by atoms with Crippen LogP contribution in [0, 0.1) is 0 Å². The number of hydrogen-bond donors (Lipinski definition) is 0. The molecule has 0 rings (SSSR count). The van der Waals surface area contributed by atoms with E-state index in [9.17, 15) is 19.0 Å². The molecule has 0 heterocycles. The number of allylic oxidation sites excluding steroid dienone is 14. The highest BCUT2D eigenvalue weighted by atomic mass is 31.2. The average Bonchev–Trinajstić information content (AvgIpc) is 3.25. The Hall–Kier alpha value is -2.81. The standard InChI is InChI=1S/C54H94NO8P/c1-6-8-10-12-14-16-18-20-22-24-26-27-29-31-33-35-37-39-41-43-45-47-54(57)63-52(51-62-64(58,59)61-49-48-55(3,4)5)50-60-53(56)46-44-42-40-38-36-34-32-30-28-25-23-21-19-17-15-13-11-9-7-2/h8,10,14-17,20-23,26-27,31,33,52H,6-7,9,11-13,18-19,24-25,28-30,32,34-51H2,1-5H3/b10-8-,16-14-,17-15-,22-20-,23-21-,27-26-,33-31-. The van der Waals surface area contributed by atoms with E-state index in [1.807, 2.05) is 21.1 Å². The summed E-state index contributed by atoms with van der Waals surface area (Å²) in [5.41, 5.74) is 0. The number of esters is 2. The van der Waals surface area contributed by atoms with Crippen LogP contribution in [-0.4, -0.2) is 70.0 Å². The highest BCUT2D eigenvalue weighted by Crippen LogP contribution is 2.38. The minimum absolute atomic E-state index is 0.0401. The summed E-state index contributed by atoms with van der Waals surface area (Å²) in [6.07, 6.45) is 58.9. The summed E-state index contributed by atoms with van der Waals surface area (Å²) in [5.74, 6) is -0.865. The first-order chi connectivity index (χ1) is 31.0. The molecule has 0 aliphatic heterocycles. The number of ether oxygens (including phenoxy) is 2. The molecule has 64 heavy (non-hydrogen) atoms. The van der Waals surface area contributed by atoms with Crippen molar-refractivity contribution in [2.45, 2.75) is 200 Å². The van der Waals surface area contributed by atoms with Crippen LogP contribution < -0.4 is 4.89 Å². The molecule has 0 saturated carbocycles. The quantitative estimate of drug-likeness (QED) is 0.0195. The van der Waals surface area contributed by atoms with Crippen LogP contribution in [0.3, 0.4) is 0 Å². The van der Waals surface area contributed by atoms with Crippen LogP contribution in [0.15, 0.2) is 85.1 Å². The van der Waals surface area contributed by atoms with Gasteiger partial charge in [0, 0.05) is 12.8 Å². The number of quaternary nitrogens is 1. The Labute approximate surface area is 392 Å². The van der Waals surface area contributed by atoms with E-state index in [-0.39, 0.29) is 26.1 Å². The van der Waals surface area contributed by atoms with Gasteiger partial charge in [0.1, 0.15) is 19.8 Å². The van der Waals surface area contributed by atoms with Gasteiger partial charge in [-0.3, -0.25) is 14.2 Å². The van der Waals surface area contributed by atoms with Crippen molar-refractivity contribution in [3.05, 3.63) is 85.1 Å². The number of hydrogen-bond acceptors (Lipinski definition) is 8. The topological polar surface area (TPSA) is 111 Å². The summed E-state index contributed by atoms with van der Waals surface area (Å²) >= 11 is 0. The number of phosphoric ester groups is 1. The Bertz CT molecular complexity index is 1360. The molecule has 0 radical (unpaired) electrons. The largest absolute Gasteiger partial charge is 0.756 e. The first-order valence-electron chi connectivity index (χ1n) is 25.3. The Morgan fingerprint density at radius 1 is 0.500 bits per heavy atom. The third kappa shape index (κ3) is 48.6. The Balaban J connectivity index is 4.33. The van der Waals surface area contributed by atoms with E-state index >= 15 is 0 Å². The van der Waals surface area contributed by atoms with Crippen LogP contribution in [0.25, 0.3) is 0 Å². The van der Waals surface area contributed by atoms with Crippen LogP contribution >= 0.6 is 7.82 Å². The van der Waals surface area contributed by atoms with Crippen molar-refractivity contribution in [2.24, 2.45) is 0 Å². The van der Waals surface area contributed by atoms with Gasteiger partial charge in [-0.1, -0.05) is 176 Å². The molecule has 2 atom stereocenters. The highest BCUT2D eigenvalue weighted by Gasteiger charge is 2.21. The molecule has 0 N–H and O–H groups in total. The van der Waals surface area contributed by atoms with Crippen LogP contribution in [0.2, 0.25) is 0 Å². The molecular formula is C54H94NO8P. The van der Waals surface area contributed by atoms with Gasteiger partial charge in [-0.05, 0) is 89.9 Å². The zero-order valence-electron chi connectivity index (χ0n) is 41.4. The van der Waals surface area contributed by atoms with Gasteiger partial charge in [-0.25, -0.2) is 0 Å². The van der Waals surface area contributed by atoms with Crippen molar-refractivity contribution < 1.29 is 42.1 Å². The fraction of sp³-hybridized carbons (Fsp3) is 0.704. The van der Waals surface area contributed by atoms with Crippen LogP contribution in [0.1, 0.15) is 194 Å². The van der Waals surface area contributed by atoms with Crippen molar-refractivity contribution >= 4 is 19.8 Å². The third-order valence-electron chi connectivity index (χ3n) is 10.4. The van der Waals surface area contributed by atoms with Gasteiger partial charge >= 0.3 is 11.9 Å². The van der Waals surface area contributed by atoms with Gasteiger partial charge in [-0.2, -0.15) is 0 Å². The maximum atomic E-state index is 12.7. The van der Waals surface area contributed by atoms with E-state index in [0.717, 1.165) is 103 Å². The average molecular weight is 916 g/mol. The third-order valence-corrected chi connectivity index (χ3v) is 11.4. The molecule has 0 saturated heterocycles. The zero-order chi connectivity index (χ0) is 47.1. The van der Waals surface area contributed by atoms with Gasteiger partial charge in [-0.15, -0.1) is 0 Å². The lowest BCUT2D eigenvalue weighted by Gasteiger charge is -2.28. The Kier molecular flexibility index (Phi) is 43.4. The monoisotopic (exact) mass is 916 g/mol. The van der Waals surface area contributed by atoms with Crippen molar-refractivity contribution in [1.29, 1.82) is 0 Å². The minimum atomic E-state index is -4.64. The van der Waals surface area contributed by atoms with Gasteiger partial charge in [0.25, 0.3) is 7.82 Å². The van der Waals surface area contributed by atoms with Crippen molar-refractivity contribution in [3.8, 4) is 0 Å². The number of nitrogens with zero attached hydrogens (tertiary/aromatic N) is 1. The smallest absolute Gasteiger partial charge is 0.306 e. The first-order valence-corrected chi connectivity index (χ1v) is 26.8. The molecule has 0 bridgehead atoms. The molecule has 10 heteroatoms. The number of likely N-dealkylation sites (N-methyl/N-ethyl adjacent to an activating group) is 1. The summed E-state index contributed by atoms with van der Waals surface area (Å²) in [5, 5.41) is 0. The summed E-state index contributed by atoms with van der Waals surface area (Å²) in [6, 6.07) is 0. The number of unbranched alkanes of at least 4 members (excludes halogenated alkanes) is 17. The maximum absolute atomic E-state index is 12.7. The Morgan fingerprint density at radius 3 is 1.33 bits per heavy atom. The highest BCUT2D eigenvalue weighted by molar-refractivity contribution is 7.45. The minimum Gasteiger partial charge on any atom is -0.756 e. The van der Waals surface area contributed by atoms with E-state index in [2.05, 4.69) is 98.9 Å². The lowest BCUT2D eigenvalue weighted by molar-refractivity contribution is -0.870. The number of rotatable bonds is 45. The number of carbonyl (C=O) groups is 2. The van der Waals surface area contributed by atoms with Crippen LogP contribution in [-0.2, 0) is 32.7 Å². The summed E-state index contributed by atoms with van der Waals surface area (Å²) < 4.78 is 34.0. The number of phosphoric acid groups is 1. The van der Waals surface area contributed by atoms with Gasteiger partial charge in [0.2, 0.25) is 0 Å². The second-order valence-corrected chi connectivity index (χ2v) is 19.2.